The maximum atomic E-state index is 10.9. The van der Waals surface area contributed by atoms with E-state index in [4.69, 9.17) is 4.55 Å². The summed E-state index contributed by atoms with van der Waals surface area (Å²) < 4.78 is 30.6. The largest absolute Gasteiger partial charge is 1.00 e. The summed E-state index contributed by atoms with van der Waals surface area (Å²) in [4.78, 5) is -0.0249. The molecule has 0 aromatic heterocycles. The Morgan fingerprint density at radius 1 is 1.12 bits per heavy atom. The van der Waals surface area contributed by atoms with Gasteiger partial charge in [-0.25, -0.2) is 0 Å². The van der Waals surface area contributed by atoms with Crippen LogP contribution in [0, 0.1) is 13.8 Å². The average Bonchev–Trinajstić information content (AvgIpc) is 1.94. The summed E-state index contributed by atoms with van der Waals surface area (Å²) in [6, 6.07) is 3.18. The van der Waals surface area contributed by atoms with E-state index in [1.165, 1.54) is 6.07 Å². The number of hydrogen-bond donors (Lipinski definition) is 1. The molecule has 0 aliphatic heterocycles. The molecular weight excluding hydrogens is 276 g/mol. The molecule has 1 unspecified atom stereocenters. The first-order chi connectivity index (χ1) is 5.82. The molecule has 1 N–H and O–H groups in total. The van der Waals surface area contributed by atoms with Crippen molar-refractivity contribution in [2.24, 2.45) is 0 Å². The van der Waals surface area contributed by atoms with E-state index in [9.17, 15) is 8.42 Å². The first kappa shape index (κ1) is 23.6. The Kier molecular flexibility index (Phi) is 14.0. The van der Waals surface area contributed by atoms with Gasteiger partial charge in [0, 0.05) is 0 Å². The van der Waals surface area contributed by atoms with Crippen LogP contribution in [0.5, 0.6) is 0 Å². The van der Waals surface area contributed by atoms with Gasteiger partial charge in [-0.2, -0.15) is 8.42 Å². The summed E-state index contributed by atoms with van der Waals surface area (Å²) in [5, 5.41) is 0.776. The van der Waals surface area contributed by atoms with Crippen LogP contribution in [-0.4, -0.2) is 13.0 Å². The molecule has 0 radical (unpaired) electrons. The van der Waals surface area contributed by atoms with Crippen LogP contribution >= 0.6 is 9.24 Å². The van der Waals surface area contributed by atoms with Gasteiger partial charge in [0.2, 0.25) is 0 Å². The topological polar surface area (TPSA) is 54.4 Å². The van der Waals surface area contributed by atoms with E-state index >= 15 is 0 Å². The van der Waals surface area contributed by atoms with Crippen LogP contribution in [0.25, 0.3) is 0 Å². The maximum Gasteiger partial charge on any atom is 1.00 e. The van der Waals surface area contributed by atoms with Gasteiger partial charge in [-0.1, -0.05) is 6.07 Å². The first-order valence-electron chi connectivity index (χ1n) is 3.66. The third-order valence-electron chi connectivity index (χ3n) is 1.84. The third kappa shape index (κ3) is 6.65. The second-order valence-corrected chi connectivity index (χ2v) is 4.96. The Labute approximate surface area is 170 Å². The molecule has 0 amide bonds. The summed E-state index contributed by atoms with van der Waals surface area (Å²) in [6.07, 6.45) is 0. The number of rotatable bonds is 1. The van der Waals surface area contributed by atoms with Gasteiger partial charge >= 0.3 is 88.7 Å². The molecule has 78 valence electrons. The van der Waals surface area contributed by atoms with Crippen molar-refractivity contribution in [1.82, 2.24) is 0 Å². The van der Waals surface area contributed by atoms with Crippen LogP contribution in [0.15, 0.2) is 17.0 Å². The Bertz CT molecular complexity index is 460. The van der Waals surface area contributed by atoms with Crippen LogP contribution in [0.2, 0.25) is 0 Å². The van der Waals surface area contributed by atoms with Crippen molar-refractivity contribution in [2.45, 2.75) is 18.7 Å². The summed E-state index contributed by atoms with van der Waals surface area (Å²) in [5.41, 5.74) is 1.54. The normalized spacial score (nSPS) is 9.50. The van der Waals surface area contributed by atoms with Crippen LogP contribution < -0.4 is 94.0 Å². The van der Waals surface area contributed by atoms with Crippen molar-refractivity contribution >= 4 is 24.7 Å². The monoisotopic (exact) mass is 290 g/mol. The summed E-state index contributed by atoms with van der Waals surface area (Å²) in [7, 11) is -1.66. The second-order valence-electron chi connectivity index (χ2n) is 2.95. The van der Waals surface area contributed by atoms with Crippen LogP contribution in [-0.2, 0) is 10.1 Å². The summed E-state index contributed by atoms with van der Waals surface area (Å²) >= 11 is 0. The van der Waals surface area contributed by atoms with Gasteiger partial charge < -0.3 is 4.28 Å². The second kappa shape index (κ2) is 9.46. The van der Waals surface area contributed by atoms with Gasteiger partial charge in [0.1, 0.15) is 0 Å². The smallest absolute Gasteiger partial charge is 1.00 e. The molecule has 8 heteroatoms. The third-order valence-corrected chi connectivity index (χ3v) is 3.46. The summed E-state index contributed by atoms with van der Waals surface area (Å²) in [5.74, 6) is 0. The standard InChI is InChI=1S/C8H11O3PS.3Na.3H/c1-5-3-6(2)8(4-7(5)12)13(9,10)11;;;;;;/h3-4H,12H2,1-2H3,(H,9,10,11);;;;;;/q;3*+1;3*-1. The molecule has 1 rings (SSSR count). The predicted octanol–water partition coefficient (Wildman–Crippen LogP) is -7.60. The van der Waals surface area contributed by atoms with E-state index in [1.54, 1.807) is 13.0 Å². The molecule has 16 heavy (non-hydrogen) atoms. The molecule has 0 saturated carbocycles. The minimum absolute atomic E-state index is 0. The van der Waals surface area contributed by atoms with Crippen molar-refractivity contribution in [3.05, 3.63) is 23.3 Å². The van der Waals surface area contributed by atoms with E-state index < -0.39 is 10.1 Å². The van der Waals surface area contributed by atoms with Gasteiger partial charge in [-0.15, -0.1) is 9.24 Å². The van der Waals surface area contributed by atoms with Crippen molar-refractivity contribution in [3.63, 3.8) is 0 Å². The molecule has 0 bridgehead atoms. The summed E-state index contributed by atoms with van der Waals surface area (Å²) in [6.45, 7) is 3.53. The molecule has 3 nitrogen and oxygen atoms in total. The molecule has 0 spiro atoms. The van der Waals surface area contributed by atoms with Crippen LogP contribution in [0.3, 0.4) is 0 Å². The minimum Gasteiger partial charge on any atom is -1.00 e. The maximum absolute atomic E-state index is 10.9. The van der Waals surface area contributed by atoms with E-state index in [0.717, 1.165) is 10.9 Å². The van der Waals surface area contributed by atoms with E-state index in [1.807, 2.05) is 6.92 Å². The quantitative estimate of drug-likeness (QED) is 0.318. The molecule has 0 saturated heterocycles. The minimum atomic E-state index is -4.09. The fourth-order valence-corrected chi connectivity index (χ4v) is 2.24. The van der Waals surface area contributed by atoms with Gasteiger partial charge in [0.25, 0.3) is 10.1 Å². The molecule has 1 atom stereocenters. The SMILES string of the molecule is Cc1cc(C)c(S(=O)(=O)O)cc1P.[H-].[H-].[H-].[Na+].[Na+].[Na+]. The number of aryl methyl sites for hydroxylation is 2. The molecule has 1 aromatic rings. The Hall–Kier alpha value is 2.56. The molecule has 0 fully saturated rings. The molecular formula is C8H14Na3O3PS. The molecule has 0 aliphatic carbocycles. The first-order valence-corrected chi connectivity index (χ1v) is 5.68. The fourth-order valence-electron chi connectivity index (χ4n) is 1.13. The van der Waals surface area contributed by atoms with Gasteiger partial charge in [0.05, 0.1) is 4.90 Å². The van der Waals surface area contributed by atoms with Crippen molar-refractivity contribution in [1.29, 1.82) is 0 Å². The predicted molar refractivity (Wildman–Crippen MR) is 58.4 cm³/mol. The molecule has 0 aliphatic rings. The van der Waals surface area contributed by atoms with E-state index in [-0.39, 0.29) is 97.8 Å². The zero-order valence-electron chi connectivity index (χ0n) is 13.4. The van der Waals surface area contributed by atoms with Crippen molar-refractivity contribution < 1.29 is 106 Å². The fraction of sp³-hybridized carbons (Fsp3) is 0.250. The van der Waals surface area contributed by atoms with Crippen molar-refractivity contribution in [2.75, 3.05) is 0 Å². The average molecular weight is 290 g/mol. The zero-order chi connectivity index (χ0) is 10.2. The number of hydrogen-bond acceptors (Lipinski definition) is 2. The van der Waals surface area contributed by atoms with E-state index in [2.05, 4.69) is 9.24 Å². The van der Waals surface area contributed by atoms with Crippen LogP contribution in [0.1, 0.15) is 15.4 Å². The van der Waals surface area contributed by atoms with Gasteiger partial charge in [0.15, 0.2) is 0 Å². The molecule has 1 aromatic carbocycles. The molecule has 0 heterocycles. The zero-order valence-corrected chi connectivity index (χ0v) is 18.4. The Balaban J connectivity index is -0.0000000704. The Morgan fingerprint density at radius 3 is 1.94 bits per heavy atom. The number of benzene rings is 1. The van der Waals surface area contributed by atoms with E-state index in [0.29, 0.717) is 5.56 Å². The van der Waals surface area contributed by atoms with Crippen molar-refractivity contribution in [3.8, 4) is 0 Å². The van der Waals surface area contributed by atoms with Gasteiger partial charge in [-0.3, -0.25) is 4.55 Å². The Morgan fingerprint density at radius 2 is 1.56 bits per heavy atom. The van der Waals surface area contributed by atoms with Gasteiger partial charge in [-0.05, 0) is 36.3 Å². The van der Waals surface area contributed by atoms with Crippen LogP contribution in [0.4, 0.5) is 0 Å².